The fourth-order valence-electron chi connectivity index (χ4n) is 2.71. The Morgan fingerprint density at radius 1 is 0.846 bits per heavy atom. The van der Waals surface area contributed by atoms with E-state index >= 15 is 0 Å². The summed E-state index contributed by atoms with van der Waals surface area (Å²) in [7, 11) is 0. The van der Waals surface area contributed by atoms with Crippen LogP contribution in [0.1, 0.15) is 21.7 Å². The number of carbonyl (C=O) groups is 1. The first-order valence-electron chi connectivity index (χ1n) is 8.22. The number of nitrogens with zero attached hydrogens (tertiary/aromatic N) is 1. The molecule has 0 spiro atoms. The molecule has 3 N–H and O–H groups in total. The zero-order valence-corrected chi connectivity index (χ0v) is 15.4. The number of benzene rings is 2. The summed E-state index contributed by atoms with van der Waals surface area (Å²) in [6.07, 6.45) is 0. The van der Waals surface area contributed by atoms with Gasteiger partial charge in [0.05, 0.1) is 0 Å². The maximum absolute atomic E-state index is 12.3. The Morgan fingerprint density at radius 2 is 1.46 bits per heavy atom. The van der Waals surface area contributed by atoms with Gasteiger partial charge in [0.25, 0.3) is 5.91 Å². The number of thiocarbonyl (C=S) groups is 1. The highest BCUT2D eigenvalue weighted by molar-refractivity contribution is 7.80. The van der Waals surface area contributed by atoms with Gasteiger partial charge in [0, 0.05) is 28.3 Å². The summed E-state index contributed by atoms with van der Waals surface area (Å²) in [4.78, 5) is 12.3. The predicted molar refractivity (Wildman–Crippen MR) is 109 cm³/mol. The molecule has 0 atom stereocenters. The number of hydrogen-bond acceptors (Lipinski definition) is 2. The van der Waals surface area contributed by atoms with E-state index in [0.717, 1.165) is 22.8 Å². The van der Waals surface area contributed by atoms with Gasteiger partial charge in [-0.15, -0.1) is 0 Å². The van der Waals surface area contributed by atoms with Crippen molar-refractivity contribution >= 4 is 28.9 Å². The molecule has 132 valence electrons. The van der Waals surface area contributed by atoms with Crippen LogP contribution in [-0.4, -0.2) is 15.6 Å². The van der Waals surface area contributed by atoms with Gasteiger partial charge in [-0.05, 0) is 74.6 Å². The Bertz CT molecular complexity index is 897. The largest absolute Gasteiger partial charge is 0.331 e. The molecular weight excluding hydrogens is 344 g/mol. The van der Waals surface area contributed by atoms with E-state index in [1.807, 2.05) is 42.5 Å². The SMILES string of the molecule is Cc1ccc(C)n1-c1ccc(C(=O)NNC(=S)Nc2ccccc2)cc1. The van der Waals surface area contributed by atoms with Crippen molar-refractivity contribution in [2.45, 2.75) is 13.8 Å². The highest BCUT2D eigenvalue weighted by atomic mass is 32.1. The van der Waals surface area contributed by atoms with Crippen LogP contribution in [0, 0.1) is 13.8 Å². The molecule has 1 heterocycles. The van der Waals surface area contributed by atoms with Crippen LogP contribution in [0.15, 0.2) is 66.7 Å². The third kappa shape index (κ3) is 4.10. The number of nitrogens with one attached hydrogen (secondary N) is 3. The second-order valence-corrected chi connectivity index (χ2v) is 6.31. The smallest absolute Gasteiger partial charge is 0.269 e. The number of hydrogen-bond donors (Lipinski definition) is 3. The summed E-state index contributed by atoms with van der Waals surface area (Å²) in [6.45, 7) is 4.11. The number of para-hydroxylation sites is 1. The van der Waals surface area contributed by atoms with Crippen LogP contribution in [-0.2, 0) is 0 Å². The van der Waals surface area contributed by atoms with Gasteiger partial charge >= 0.3 is 0 Å². The molecule has 2 aromatic carbocycles. The maximum Gasteiger partial charge on any atom is 0.269 e. The van der Waals surface area contributed by atoms with Crippen molar-refractivity contribution in [1.82, 2.24) is 15.4 Å². The van der Waals surface area contributed by atoms with E-state index in [1.54, 1.807) is 12.1 Å². The highest BCUT2D eigenvalue weighted by Crippen LogP contribution is 2.16. The monoisotopic (exact) mass is 364 g/mol. The highest BCUT2D eigenvalue weighted by Gasteiger charge is 2.08. The van der Waals surface area contributed by atoms with Gasteiger partial charge in [-0.2, -0.15) is 0 Å². The van der Waals surface area contributed by atoms with Crippen LogP contribution >= 0.6 is 12.2 Å². The number of aromatic nitrogens is 1. The average Bonchev–Trinajstić information content (AvgIpc) is 2.99. The van der Waals surface area contributed by atoms with E-state index < -0.39 is 0 Å². The molecule has 0 aliphatic heterocycles. The third-order valence-corrected chi connectivity index (χ3v) is 4.18. The van der Waals surface area contributed by atoms with Gasteiger partial charge in [0.1, 0.15) is 0 Å². The minimum absolute atomic E-state index is 0.255. The van der Waals surface area contributed by atoms with Gasteiger partial charge in [-0.3, -0.25) is 15.6 Å². The lowest BCUT2D eigenvalue weighted by Crippen LogP contribution is -2.43. The van der Waals surface area contributed by atoms with Crippen LogP contribution in [0.3, 0.4) is 0 Å². The van der Waals surface area contributed by atoms with E-state index in [1.165, 1.54) is 0 Å². The number of aryl methyl sites for hydroxylation is 2. The number of carbonyl (C=O) groups excluding carboxylic acids is 1. The fourth-order valence-corrected chi connectivity index (χ4v) is 2.88. The van der Waals surface area contributed by atoms with Crippen LogP contribution in [0.5, 0.6) is 0 Å². The van der Waals surface area contributed by atoms with E-state index in [0.29, 0.717) is 10.7 Å². The quantitative estimate of drug-likeness (QED) is 0.490. The summed E-state index contributed by atoms with van der Waals surface area (Å²) >= 11 is 5.17. The lowest BCUT2D eigenvalue weighted by atomic mass is 10.2. The normalized spacial score (nSPS) is 10.2. The number of hydrazine groups is 1. The maximum atomic E-state index is 12.3. The molecule has 5 nitrogen and oxygen atoms in total. The average molecular weight is 364 g/mol. The van der Waals surface area contributed by atoms with Crippen molar-refractivity contribution in [2.24, 2.45) is 0 Å². The van der Waals surface area contributed by atoms with Crippen LogP contribution in [0.4, 0.5) is 5.69 Å². The third-order valence-electron chi connectivity index (χ3n) is 3.98. The van der Waals surface area contributed by atoms with Gasteiger partial charge < -0.3 is 9.88 Å². The lowest BCUT2D eigenvalue weighted by Gasteiger charge is -2.12. The van der Waals surface area contributed by atoms with E-state index in [9.17, 15) is 4.79 Å². The first-order chi connectivity index (χ1) is 12.5. The molecule has 26 heavy (non-hydrogen) atoms. The molecule has 0 radical (unpaired) electrons. The van der Waals surface area contributed by atoms with Gasteiger partial charge in [0.15, 0.2) is 5.11 Å². The summed E-state index contributed by atoms with van der Waals surface area (Å²) in [5, 5.41) is 3.31. The number of rotatable bonds is 3. The van der Waals surface area contributed by atoms with Crippen molar-refractivity contribution in [3.05, 3.63) is 83.7 Å². The molecule has 3 rings (SSSR count). The summed E-state index contributed by atoms with van der Waals surface area (Å²) in [6, 6.07) is 21.1. The molecule has 0 unspecified atom stereocenters. The lowest BCUT2D eigenvalue weighted by molar-refractivity contribution is 0.0944. The van der Waals surface area contributed by atoms with E-state index in [4.69, 9.17) is 12.2 Å². The summed E-state index contributed by atoms with van der Waals surface area (Å²) in [5.74, 6) is -0.255. The Morgan fingerprint density at radius 3 is 2.08 bits per heavy atom. The molecule has 6 heteroatoms. The number of amides is 1. The zero-order chi connectivity index (χ0) is 18.5. The van der Waals surface area contributed by atoms with Crippen molar-refractivity contribution in [1.29, 1.82) is 0 Å². The van der Waals surface area contributed by atoms with Crippen LogP contribution in [0.2, 0.25) is 0 Å². The minimum atomic E-state index is -0.255. The molecule has 0 fully saturated rings. The topological polar surface area (TPSA) is 58.1 Å². The van der Waals surface area contributed by atoms with Crippen molar-refractivity contribution in [3.63, 3.8) is 0 Å². The van der Waals surface area contributed by atoms with Crippen LogP contribution < -0.4 is 16.2 Å². The van der Waals surface area contributed by atoms with Crippen molar-refractivity contribution in [2.75, 3.05) is 5.32 Å². The molecule has 1 amide bonds. The fraction of sp³-hybridized carbons (Fsp3) is 0.100. The Kier molecular flexibility index (Phi) is 5.34. The Labute approximate surface area is 158 Å². The number of anilines is 1. The van der Waals surface area contributed by atoms with Crippen LogP contribution in [0.25, 0.3) is 5.69 Å². The first-order valence-corrected chi connectivity index (χ1v) is 8.63. The molecule has 0 aliphatic rings. The zero-order valence-electron chi connectivity index (χ0n) is 14.6. The molecule has 3 aromatic rings. The minimum Gasteiger partial charge on any atom is -0.331 e. The first kappa shape index (κ1) is 17.7. The second-order valence-electron chi connectivity index (χ2n) is 5.90. The van der Waals surface area contributed by atoms with Gasteiger partial charge in [-0.25, -0.2) is 0 Å². The molecule has 0 aliphatic carbocycles. The standard InChI is InChI=1S/C20H20N4OS/c1-14-8-9-15(2)24(14)18-12-10-16(11-13-18)19(25)22-23-20(26)21-17-6-4-3-5-7-17/h3-13H,1-2H3,(H,22,25)(H2,21,23,26). The molecule has 0 bridgehead atoms. The van der Waals surface area contributed by atoms with Crippen molar-refractivity contribution < 1.29 is 4.79 Å². The molecule has 1 aromatic heterocycles. The Hall–Kier alpha value is -3.12. The summed E-state index contributed by atoms with van der Waals surface area (Å²) in [5.41, 5.74) is 10.0. The van der Waals surface area contributed by atoms with E-state index in [2.05, 4.69) is 46.7 Å². The second kappa shape index (κ2) is 7.84. The van der Waals surface area contributed by atoms with Gasteiger partial charge in [-0.1, -0.05) is 18.2 Å². The van der Waals surface area contributed by atoms with Crippen molar-refractivity contribution in [3.8, 4) is 5.69 Å². The molecule has 0 saturated heterocycles. The van der Waals surface area contributed by atoms with E-state index in [-0.39, 0.29) is 5.91 Å². The molecular formula is C20H20N4OS. The predicted octanol–water partition coefficient (Wildman–Crippen LogP) is 3.73. The Balaban J connectivity index is 1.59. The molecule has 0 saturated carbocycles. The van der Waals surface area contributed by atoms with Gasteiger partial charge in [0.2, 0.25) is 0 Å². The summed E-state index contributed by atoms with van der Waals surface area (Å²) < 4.78 is 2.14.